The number of furan rings is 1. The number of halogens is 1. The molecule has 1 heterocycles. The van der Waals surface area contributed by atoms with Crippen LogP contribution in [-0.2, 0) is 0 Å². The summed E-state index contributed by atoms with van der Waals surface area (Å²) in [6, 6.07) is 8.48. The van der Waals surface area contributed by atoms with E-state index >= 15 is 0 Å². The van der Waals surface area contributed by atoms with E-state index in [1.54, 1.807) is 24.3 Å². The normalized spacial score (nSPS) is 10.5. The van der Waals surface area contributed by atoms with Crippen molar-refractivity contribution in [2.24, 2.45) is 0 Å². The summed E-state index contributed by atoms with van der Waals surface area (Å²) in [6.07, 6.45) is 1.43. The second kappa shape index (κ2) is 6.75. The van der Waals surface area contributed by atoms with E-state index in [1.807, 2.05) is 19.9 Å². The minimum Gasteiger partial charge on any atom is -0.459 e. The van der Waals surface area contributed by atoms with Gasteiger partial charge in [-0.2, -0.15) is 0 Å². The Morgan fingerprint density at radius 3 is 2.57 bits per heavy atom. The third kappa shape index (κ3) is 4.07. The van der Waals surface area contributed by atoms with Gasteiger partial charge in [0.05, 0.1) is 17.5 Å². The lowest BCUT2D eigenvalue weighted by atomic mass is 10.1. The first-order valence-corrected chi connectivity index (χ1v) is 7.50. The second-order valence-electron chi connectivity index (χ2n) is 4.75. The summed E-state index contributed by atoms with van der Waals surface area (Å²) in [6.45, 7) is 3.76. The van der Waals surface area contributed by atoms with E-state index < -0.39 is 0 Å². The molecule has 0 atom stereocenters. The Hall–Kier alpha value is -1.83. The molecule has 2 aromatic rings. The third-order valence-corrected chi connectivity index (χ3v) is 3.31. The van der Waals surface area contributed by atoms with Crippen molar-refractivity contribution in [1.82, 2.24) is 5.32 Å². The Morgan fingerprint density at radius 1 is 1.19 bits per heavy atom. The molecule has 0 saturated heterocycles. The van der Waals surface area contributed by atoms with E-state index in [0.29, 0.717) is 11.3 Å². The minimum absolute atomic E-state index is 0.0176. The standard InChI is InChI=1S/C15H15IN2O3/c1-9(2)17-14(19)11-8-10(16)5-6-12(11)18-15(20)13-4-3-7-21-13/h3-9H,1-2H3,(H,17,19)(H,18,20). The first-order chi connectivity index (χ1) is 9.97. The predicted octanol–water partition coefficient (Wildman–Crippen LogP) is 3.27. The van der Waals surface area contributed by atoms with Crippen molar-refractivity contribution in [3.05, 3.63) is 51.5 Å². The Labute approximate surface area is 136 Å². The van der Waals surface area contributed by atoms with E-state index in [-0.39, 0.29) is 23.6 Å². The zero-order chi connectivity index (χ0) is 15.4. The average Bonchev–Trinajstić information content (AvgIpc) is 2.94. The Balaban J connectivity index is 2.26. The molecule has 0 radical (unpaired) electrons. The number of amides is 2. The van der Waals surface area contributed by atoms with Gasteiger partial charge in [-0.1, -0.05) is 0 Å². The molecule has 1 aromatic heterocycles. The monoisotopic (exact) mass is 398 g/mol. The molecule has 2 N–H and O–H groups in total. The lowest BCUT2D eigenvalue weighted by Gasteiger charge is -2.13. The SMILES string of the molecule is CC(C)NC(=O)c1cc(I)ccc1NC(=O)c1ccco1. The van der Waals surface area contributed by atoms with Gasteiger partial charge in [0.25, 0.3) is 11.8 Å². The number of hydrogen-bond acceptors (Lipinski definition) is 3. The Morgan fingerprint density at radius 2 is 1.95 bits per heavy atom. The van der Waals surface area contributed by atoms with Crippen molar-refractivity contribution < 1.29 is 14.0 Å². The molecule has 0 fully saturated rings. The highest BCUT2D eigenvalue weighted by Crippen LogP contribution is 2.20. The van der Waals surface area contributed by atoms with Crippen LogP contribution in [0.25, 0.3) is 0 Å². The largest absolute Gasteiger partial charge is 0.459 e. The summed E-state index contributed by atoms with van der Waals surface area (Å²) in [4.78, 5) is 24.2. The van der Waals surface area contributed by atoms with Crippen molar-refractivity contribution in [3.63, 3.8) is 0 Å². The zero-order valence-corrected chi connectivity index (χ0v) is 13.8. The molecule has 0 saturated carbocycles. The maximum absolute atomic E-state index is 12.2. The fourth-order valence-electron chi connectivity index (χ4n) is 1.74. The van der Waals surface area contributed by atoms with Crippen LogP contribution in [0.15, 0.2) is 41.0 Å². The van der Waals surface area contributed by atoms with Crippen molar-refractivity contribution in [2.45, 2.75) is 19.9 Å². The minimum atomic E-state index is -0.389. The van der Waals surface area contributed by atoms with Gasteiger partial charge in [-0.05, 0) is 66.8 Å². The first-order valence-electron chi connectivity index (χ1n) is 6.42. The van der Waals surface area contributed by atoms with Gasteiger partial charge < -0.3 is 15.1 Å². The molecule has 2 rings (SSSR count). The highest BCUT2D eigenvalue weighted by Gasteiger charge is 2.16. The van der Waals surface area contributed by atoms with Crippen molar-refractivity contribution in [3.8, 4) is 0 Å². The molecule has 6 heteroatoms. The van der Waals surface area contributed by atoms with Gasteiger partial charge in [0.1, 0.15) is 0 Å². The molecule has 0 aliphatic heterocycles. The summed E-state index contributed by atoms with van der Waals surface area (Å²) in [7, 11) is 0. The summed E-state index contributed by atoms with van der Waals surface area (Å²) in [5.74, 6) is -0.415. The molecule has 0 bridgehead atoms. The molecular formula is C15H15IN2O3. The maximum Gasteiger partial charge on any atom is 0.291 e. The van der Waals surface area contributed by atoms with Crippen LogP contribution < -0.4 is 10.6 Å². The highest BCUT2D eigenvalue weighted by molar-refractivity contribution is 14.1. The van der Waals surface area contributed by atoms with E-state index in [4.69, 9.17) is 4.42 Å². The van der Waals surface area contributed by atoms with Crippen LogP contribution in [0.5, 0.6) is 0 Å². The molecule has 2 amide bonds. The van der Waals surface area contributed by atoms with Crippen molar-refractivity contribution in [1.29, 1.82) is 0 Å². The van der Waals surface area contributed by atoms with Crippen LogP contribution in [0.4, 0.5) is 5.69 Å². The molecule has 0 aliphatic carbocycles. The van der Waals surface area contributed by atoms with Crippen molar-refractivity contribution in [2.75, 3.05) is 5.32 Å². The van der Waals surface area contributed by atoms with Gasteiger partial charge in [0.2, 0.25) is 0 Å². The van der Waals surface area contributed by atoms with E-state index in [9.17, 15) is 9.59 Å². The molecule has 0 aliphatic rings. The van der Waals surface area contributed by atoms with Crippen LogP contribution >= 0.6 is 22.6 Å². The molecule has 0 unspecified atom stereocenters. The van der Waals surface area contributed by atoms with Crippen LogP contribution in [0.1, 0.15) is 34.8 Å². The van der Waals surface area contributed by atoms with Gasteiger partial charge in [-0.3, -0.25) is 9.59 Å². The third-order valence-electron chi connectivity index (χ3n) is 2.64. The fraction of sp³-hybridized carbons (Fsp3) is 0.200. The molecule has 110 valence electrons. The number of hydrogen-bond donors (Lipinski definition) is 2. The molecule has 0 spiro atoms. The zero-order valence-electron chi connectivity index (χ0n) is 11.6. The van der Waals surface area contributed by atoms with Gasteiger partial charge in [-0.15, -0.1) is 0 Å². The van der Waals surface area contributed by atoms with Crippen LogP contribution in [0.2, 0.25) is 0 Å². The summed E-state index contributed by atoms with van der Waals surface area (Å²) < 4.78 is 5.96. The van der Waals surface area contributed by atoms with E-state index in [0.717, 1.165) is 3.57 Å². The topological polar surface area (TPSA) is 71.3 Å². The van der Waals surface area contributed by atoms with Crippen LogP contribution in [-0.4, -0.2) is 17.9 Å². The van der Waals surface area contributed by atoms with Crippen LogP contribution in [0, 0.1) is 3.57 Å². The van der Waals surface area contributed by atoms with E-state index in [1.165, 1.54) is 6.26 Å². The number of benzene rings is 1. The lowest BCUT2D eigenvalue weighted by molar-refractivity contribution is 0.0944. The molecule has 1 aromatic carbocycles. The second-order valence-corrected chi connectivity index (χ2v) is 6.00. The quantitative estimate of drug-likeness (QED) is 0.777. The van der Waals surface area contributed by atoms with Gasteiger partial charge in [0.15, 0.2) is 5.76 Å². The van der Waals surface area contributed by atoms with Crippen LogP contribution in [0.3, 0.4) is 0 Å². The predicted molar refractivity (Wildman–Crippen MR) is 88.4 cm³/mol. The number of nitrogens with one attached hydrogen (secondary N) is 2. The number of anilines is 1. The Bertz CT molecular complexity index is 651. The van der Waals surface area contributed by atoms with Gasteiger partial charge >= 0.3 is 0 Å². The summed E-state index contributed by atoms with van der Waals surface area (Å²) in [5, 5.41) is 5.52. The molecular weight excluding hydrogens is 383 g/mol. The number of rotatable bonds is 4. The van der Waals surface area contributed by atoms with Gasteiger partial charge in [-0.25, -0.2) is 0 Å². The fourth-order valence-corrected chi connectivity index (χ4v) is 2.24. The summed E-state index contributed by atoms with van der Waals surface area (Å²) >= 11 is 2.12. The molecule has 21 heavy (non-hydrogen) atoms. The average molecular weight is 398 g/mol. The molecule has 5 nitrogen and oxygen atoms in total. The smallest absolute Gasteiger partial charge is 0.291 e. The van der Waals surface area contributed by atoms with Gasteiger partial charge in [0, 0.05) is 9.61 Å². The number of carbonyl (C=O) groups is 2. The lowest BCUT2D eigenvalue weighted by Crippen LogP contribution is -2.31. The summed E-state index contributed by atoms with van der Waals surface area (Å²) in [5.41, 5.74) is 0.880. The van der Waals surface area contributed by atoms with Crippen molar-refractivity contribution >= 4 is 40.1 Å². The Kier molecular flexibility index (Phi) is 5.00. The maximum atomic E-state index is 12.2. The highest BCUT2D eigenvalue weighted by atomic mass is 127. The first kappa shape index (κ1) is 15.6. The van der Waals surface area contributed by atoms with E-state index in [2.05, 4.69) is 33.2 Å². The number of carbonyl (C=O) groups excluding carboxylic acids is 2.